The molecule has 1 fully saturated rings. The number of hydrogen-bond donors (Lipinski definition) is 0. The van der Waals surface area contributed by atoms with Crippen LogP contribution in [0.5, 0.6) is 0 Å². The largest absolute Gasteiger partial charge is 0.334 e. The van der Waals surface area contributed by atoms with Crippen LogP contribution in [-0.2, 0) is 21.2 Å². The van der Waals surface area contributed by atoms with E-state index in [1.165, 1.54) is 6.20 Å². The van der Waals surface area contributed by atoms with Crippen molar-refractivity contribution in [2.24, 2.45) is 0 Å². The van der Waals surface area contributed by atoms with Gasteiger partial charge >= 0.3 is 0 Å². The summed E-state index contributed by atoms with van der Waals surface area (Å²) in [5.74, 6) is -0.338. The number of hydrogen-bond acceptors (Lipinski definition) is 5. The third-order valence-corrected chi connectivity index (χ3v) is 6.68. The molecule has 2 atom stereocenters. The van der Waals surface area contributed by atoms with Crippen molar-refractivity contribution in [1.29, 1.82) is 0 Å². The first-order valence-corrected chi connectivity index (χ1v) is 10.2. The zero-order valence-corrected chi connectivity index (χ0v) is 15.7. The van der Waals surface area contributed by atoms with Crippen LogP contribution < -0.4 is 5.56 Å². The number of sulfone groups is 1. The molecule has 7 nitrogen and oxygen atoms in total. The van der Waals surface area contributed by atoms with E-state index in [0.717, 1.165) is 4.68 Å². The molecule has 2 heterocycles. The fraction of sp³-hybridized carbons (Fsp3) is 0.643. The van der Waals surface area contributed by atoms with Crippen molar-refractivity contribution in [2.75, 3.05) is 11.5 Å². The molecule has 0 N–H and O–H groups in total. The zero-order valence-electron chi connectivity index (χ0n) is 13.4. The van der Waals surface area contributed by atoms with Crippen LogP contribution in [0.15, 0.2) is 11.0 Å². The molecule has 1 aliphatic heterocycles. The number of rotatable bonds is 5. The van der Waals surface area contributed by atoms with Gasteiger partial charge in [-0.25, -0.2) is 13.1 Å². The minimum atomic E-state index is -3.13. The molecule has 134 valence electrons. The van der Waals surface area contributed by atoms with E-state index in [-0.39, 0.29) is 46.1 Å². The normalized spacial score (nSPS) is 20.8. The predicted octanol–water partition coefficient (Wildman–Crippen LogP) is 1.36. The molecule has 0 aromatic carbocycles. The minimum Gasteiger partial charge on any atom is -0.334 e. The monoisotopic (exact) mass is 395 g/mol. The summed E-state index contributed by atoms with van der Waals surface area (Å²) in [6.07, 6.45) is 2.28. The molecule has 10 heteroatoms. The summed E-state index contributed by atoms with van der Waals surface area (Å²) in [5.41, 5.74) is -0.652. The van der Waals surface area contributed by atoms with Gasteiger partial charge in [-0.2, -0.15) is 5.10 Å². The van der Waals surface area contributed by atoms with E-state index < -0.39 is 15.4 Å². The van der Waals surface area contributed by atoms with Gasteiger partial charge in [-0.05, 0) is 19.8 Å². The van der Waals surface area contributed by atoms with Crippen molar-refractivity contribution in [3.05, 3.63) is 26.6 Å². The summed E-state index contributed by atoms with van der Waals surface area (Å²) < 4.78 is 24.4. The van der Waals surface area contributed by atoms with Crippen LogP contribution in [0.1, 0.15) is 26.7 Å². The number of carbonyl (C=O) groups is 1. The SMILES string of the molecule is CCC(C)N(C(=O)Cn1ncc(Cl)c(Cl)c1=O)C1CCS(=O)(=O)C1. The highest BCUT2D eigenvalue weighted by atomic mass is 35.5. The smallest absolute Gasteiger partial charge is 0.287 e. The number of nitrogens with zero attached hydrogens (tertiary/aromatic N) is 3. The molecule has 2 rings (SSSR count). The highest BCUT2D eigenvalue weighted by Crippen LogP contribution is 2.22. The Labute approximate surface area is 150 Å². The quantitative estimate of drug-likeness (QED) is 0.750. The van der Waals surface area contributed by atoms with Crippen molar-refractivity contribution in [2.45, 2.75) is 45.3 Å². The van der Waals surface area contributed by atoms with Crippen molar-refractivity contribution in [3.8, 4) is 0 Å². The van der Waals surface area contributed by atoms with E-state index in [1.54, 1.807) is 4.90 Å². The van der Waals surface area contributed by atoms with Gasteiger partial charge in [0, 0.05) is 12.1 Å². The van der Waals surface area contributed by atoms with Gasteiger partial charge in [0.15, 0.2) is 9.84 Å². The molecule has 0 spiro atoms. The van der Waals surface area contributed by atoms with Crippen LogP contribution in [0.3, 0.4) is 0 Å². The highest BCUT2D eigenvalue weighted by molar-refractivity contribution is 7.91. The molecule has 0 bridgehead atoms. The molecule has 0 radical (unpaired) electrons. The molecule has 1 saturated heterocycles. The van der Waals surface area contributed by atoms with Crippen molar-refractivity contribution in [3.63, 3.8) is 0 Å². The fourth-order valence-corrected chi connectivity index (χ4v) is 4.75. The van der Waals surface area contributed by atoms with Crippen LogP contribution in [0.4, 0.5) is 0 Å². The average Bonchev–Trinajstić information content (AvgIpc) is 2.87. The third-order valence-electron chi connectivity index (χ3n) is 4.18. The fourth-order valence-electron chi connectivity index (χ4n) is 2.77. The lowest BCUT2D eigenvalue weighted by atomic mass is 10.1. The van der Waals surface area contributed by atoms with Gasteiger partial charge in [-0.1, -0.05) is 30.1 Å². The molecule has 0 aliphatic carbocycles. The number of amides is 1. The van der Waals surface area contributed by atoms with Gasteiger partial charge in [-0.3, -0.25) is 9.59 Å². The Balaban J connectivity index is 2.26. The summed E-state index contributed by atoms with van der Waals surface area (Å²) >= 11 is 11.5. The zero-order chi connectivity index (χ0) is 18.1. The number of halogens is 2. The Kier molecular flexibility index (Phi) is 5.93. The molecular formula is C14H19Cl2N3O4S. The Hall–Kier alpha value is -1.12. The molecule has 1 aliphatic rings. The van der Waals surface area contributed by atoms with Gasteiger partial charge < -0.3 is 4.90 Å². The second kappa shape index (κ2) is 7.41. The second-order valence-corrected chi connectivity index (χ2v) is 8.90. The standard InChI is InChI=1S/C14H19Cl2N3O4S/c1-3-9(2)19(10-4-5-24(22,23)8-10)12(20)7-18-14(21)13(16)11(15)6-17-18/h6,9-10H,3-5,7-8H2,1-2H3. The first-order valence-electron chi connectivity index (χ1n) is 7.59. The minimum absolute atomic E-state index is 0.0195. The molecule has 0 saturated carbocycles. The van der Waals surface area contributed by atoms with Crippen molar-refractivity contribution >= 4 is 38.9 Å². The summed E-state index contributed by atoms with van der Waals surface area (Å²) in [6.45, 7) is 3.46. The van der Waals surface area contributed by atoms with Crippen molar-refractivity contribution in [1.82, 2.24) is 14.7 Å². The van der Waals surface area contributed by atoms with E-state index in [2.05, 4.69) is 5.10 Å². The maximum atomic E-state index is 12.7. The van der Waals surface area contributed by atoms with Gasteiger partial charge in [0.1, 0.15) is 11.6 Å². The Morgan fingerprint density at radius 1 is 1.50 bits per heavy atom. The lowest BCUT2D eigenvalue weighted by Gasteiger charge is -2.33. The van der Waals surface area contributed by atoms with Crippen LogP contribution >= 0.6 is 23.2 Å². The molecule has 1 aromatic rings. The summed E-state index contributed by atoms with van der Waals surface area (Å²) in [4.78, 5) is 26.3. The van der Waals surface area contributed by atoms with Gasteiger partial charge in [0.05, 0.1) is 22.7 Å². The Morgan fingerprint density at radius 2 is 2.17 bits per heavy atom. The lowest BCUT2D eigenvalue weighted by Crippen LogP contribution is -2.48. The average molecular weight is 396 g/mol. The molecule has 2 unspecified atom stereocenters. The Morgan fingerprint density at radius 3 is 2.71 bits per heavy atom. The first-order chi connectivity index (χ1) is 11.2. The number of carbonyl (C=O) groups excluding carboxylic acids is 1. The maximum absolute atomic E-state index is 12.7. The number of aromatic nitrogens is 2. The maximum Gasteiger partial charge on any atom is 0.287 e. The molecule has 1 amide bonds. The predicted molar refractivity (Wildman–Crippen MR) is 92.2 cm³/mol. The summed E-state index contributed by atoms with van der Waals surface area (Å²) in [6, 6.07) is -0.523. The second-order valence-electron chi connectivity index (χ2n) is 5.88. The Bertz CT molecular complexity index is 794. The van der Waals surface area contributed by atoms with Gasteiger partial charge in [-0.15, -0.1) is 0 Å². The summed E-state index contributed by atoms with van der Waals surface area (Å²) in [7, 11) is -3.13. The van der Waals surface area contributed by atoms with E-state index in [1.807, 2.05) is 13.8 Å². The van der Waals surface area contributed by atoms with Crippen LogP contribution in [-0.4, -0.2) is 52.6 Å². The van der Waals surface area contributed by atoms with Crippen LogP contribution in [0.2, 0.25) is 10.0 Å². The van der Waals surface area contributed by atoms with Crippen molar-refractivity contribution < 1.29 is 13.2 Å². The van der Waals surface area contributed by atoms with Gasteiger partial charge in [0.25, 0.3) is 5.56 Å². The van der Waals surface area contributed by atoms with Crippen LogP contribution in [0, 0.1) is 0 Å². The molecular weight excluding hydrogens is 377 g/mol. The van der Waals surface area contributed by atoms with Gasteiger partial charge in [0.2, 0.25) is 5.91 Å². The van der Waals surface area contributed by atoms with E-state index in [9.17, 15) is 18.0 Å². The highest BCUT2D eigenvalue weighted by Gasteiger charge is 2.36. The third kappa shape index (κ3) is 4.10. The van der Waals surface area contributed by atoms with E-state index >= 15 is 0 Å². The summed E-state index contributed by atoms with van der Waals surface area (Å²) in [5, 5.41) is 3.65. The van der Waals surface area contributed by atoms with E-state index in [4.69, 9.17) is 23.2 Å². The molecule has 24 heavy (non-hydrogen) atoms. The topological polar surface area (TPSA) is 89.3 Å². The lowest BCUT2D eigenvalue weighted by molar-refractivity contribution is -0.136. The molecule has 1 aromatic heterocycles. The van der Waals surface area contributed by atoms with Crippen LogP contribution in [0.25, 0.3) is 0 Å². The first kappa shape index (κ1) is 19.2. The van der Waals surface area contributed by atoms with E-state index in [0.29, 0.717) is 12.8 Å².